The Morgan fingerprint density at radius 3 is 2.46 bits per heavy atom. The highest BCUT2D eigenvalue weighted by molar-refractivity contribution is 7.92. The molecule has 4 aromatic rings. The number of benzene rings is 2. The summed E-state index contributed by atoms with van der Waals surface area (Å²) in [6.07, 6.45) is 2.89. The Kier molecular flexibility index (Phi) is 7.09. The van der Waals surface area contributed by atoms with Gasteiger partial charge in [0.15, 0.2) is 5.11 Å². The number of aromatic nitrogens is 2. The Labute approximate surface area is 234 Å². The van der Waals surface area contributed by atoms with E-state index < -0.39 is 10.0 Å². The molecule has 1 saturated heterocycles. The van der Waals surface area contributed by atoms with Crippen molar-refractivity contribution < 1.29 is 13.2 Å². The third-order valence-electron chi connectivity index (χ3n) is 6.90. The number of thiocarbonyl (C=S) groups is 1. The van der Waals surface area contributed by atoms with Gasteiger partial charge in [0.25, 0.3) is 0 Å². The summed E-state index contributed by atoms with van der Waals surface area (Å²) in [5.74, 6) is 0.415. The maximum absolute atomic E-state index is 12.1. The van der Waals surface area contributed by atoms with Gasteiger partial charge in [-0.25, -0.2) is 8.42 Å². The number of nitrogens with zero attached hydrogens (tertiary/aromatic N) is 3. The Bertz CT molecular complexity index is 1650. The van der Waals surface area contributed by atoms with Gasteiger partial charge in [-0.3, -0.25) is 9.71 Å². The topological polar surface area (TPSA) is 88.5 Å². The molecule has 0 spiro atoms. The van der Waals surface area contributed by atoms with Gasteiger partial charge in [0.2, 0.25) is 10.0 Å². The molecule has 1 fully saturated rings. The molecular weight excluding hydrogens is 530 g/mol. The second-order valence-corrected chi connectivity index (χ2v) is 11.9. The highest BCUT2D eigenvalue weighted by atomic mass is 32.2. The highest BCUT2D eigenvalue weighted by Crippen LogP contribution is 2.45. The average Bonchev–Trinajstić information content (AvgIpc) is 3.38. The standard InChI is InChI=1S/C29H31N5O3S2/c1-18-9-8-10-21(15-18)33-19(2)16-23(20(33)3)28-27(24-11-6-7-14-30-24)31-29(38)34(28)22-12-13-26(37-4)25(17-22)32-39(5,35)36/h6-17,27-28,32H,1-5H3,(H,31,38)/t27-,28-/m1/s1. The second kappa shape index (κ2) is 10.3. The van der Waals surface area contributed by atoms with Crippen LogP contribution in [0.4, 0.5) is 11.4 Å². The number of nitrogens with one attached hydrogen (secondary N) is 2. The van der Waals surface area contributed by atoms with Gasteiger partial charge < -0.3 is 19.5 Å². The van der Waals surface area contributed by atoms with E-state index in [9.17, 15) is 8.42 Å². The molecule has 2 aromatic heterocycles. The highest BCUT2D eigenvalue weighted by Gasteiger charge is 2.42. The van der Waals surface area contributed by atoms with E-state index in [1.54, 1.807) is 18.3 Å². The Hall–Kier alpha value is -3.89. The van der Waals surface area contributed by atoms with Gasteiger partial charge in [-0.05, 0) is 92.6 Å². The maximum Gasteiger partial charge on any atom is 0.229 e. The fraction of sp³-hybridized carbons (Fsp3) is 0.241. The quantitative estimate of drug-likeness (QED) is 0.294. The minimum absolute atomic E-state index is 0.237. The summed E-state index contributed by atoms with van der Waals surface area (Å²) in [6, 6.07) is 21.3. The van der Waals surface area contributed by atoms with Gasteiger partial charge in [-0.15, -0.1) is 0 Å². The lowest BCUT2D eigenvalue weighted by Gasteiger charge is -2.29. The van der Waals surface area contributed by atoms with Crippen molar-refractivity contribution in [2.45, 2.75) is 32.9 Å². The molecule has 0 amide bonds. The van der Waals surface area contributed by atoms with Crippen molar-refractivity contribution in [3.63, 3.8) is 0 Å². The molecular formula is C29H31N5O3S2. The van der Waals surface area contributed by atoms with Crippen LogP contribution in [0, 0.1) is 20.8 Å². The fourth-order valence-corrected chi connectivity index (χ4v) is 6.23. The minimum atomic E-state index is -3.54. The molecule has 1 aliphatic rings. The number of pyridine rings is 1. The normalized spacial score (nSPS) is 17.3. The maximum atomic E-state index is 12.1. The van der Waals surface area contributed by atoms with E-state index in [4.69, 9.17) is 17.0 Å². The van der Waals surface area contributed by atoms with E-state index >= 15 is 0 Å². The number of anilines is 2. The van der Waals surface area contributed by atoms with Crippen LogP contribution in [0.3, 0.4) is 0 Å². The Balaban J connectivity index is 1.69. The zero-order chi connectivity index (χ0) is 27.9. The number of sulfonamides is 1. The van der Waals surface area contributed by atoms with Crippen molar-refractivity contribution in [2.24, 2.45) is 0 Å². The molecule has 2 atom stereocenters. The first-order valence-corrected chi connectivity index (χ1v) is 14.8. The van der Waals surface area contributed by atoms with Crippen LogP contribution in [0.1, 0.15) is 40.3 Å². The molecule has 8 nitrogen and oxygen atoms in total. The zero-order valence-corrected chi connectivity index (χ0v) is 24.1. The molecule has 10 heteroatoms. The third kappa shape index (κ3) is 5.22. The monoisotopic (exact) mass is 561 g/mol. The molecule has 0 radical (unpaired) electrons. The third-order valence-corrected chi connectivity index (χ3v) is 7.81. The first-order chi connectivity index (χ1) is 18.6. The van der Waals surface area contributed by atoms with Crippen molar-refractivity contribution in [1.82, 2.24) is 14.9 Å². The number of rotatable bonds is 7. The SMILES string of the molecule is COc1ccc(N2C(=S)N[C@H](c3ccccn3)[C@H]2c2cc(C)n(-c3cccc(C)c3)c2C)cc1NS(C)(=O)=O. The molecule has 2 N–H and O–H groups in total. The lowest BCUT2D eigenvalue weighted by atomic mass is 9.96. The molecule has 39 heavy (non-hydrogen) atoms. The molecule has 3 heterocycles. The Morgan fingerprint density at radius 1 is 1.00 bits per heavy atom. The fourth-order valence-electron chi connectivity index (χ4n) is 5.33. The molecule has 0 bridgehead atoms. The molecule has 2 aromatic carbocycles. The van der Waals surface area contributed by atoms with E-state index in [1.165, 1.54) is 12.7 Å². The van der Waals surface area contributed by atoms with E-state index in [1.807, 2.05) is 29.2 Å². The predicted octanol–water partition coefficient (Wildman–Crippen LogP) is 5.35. The summed E-state index contributed by atoms with van der Waals surface area (Å²) < 4.78 is 34.5. The first-order valence-electron chi connectivity index (χ1n) is 12.5. The van der Waals surface area contributed by atoms with Crippen LogP contribution in [0.25, 0.3) is 5.69 Å². The summed E-state index contributed by atoms with van der Waals surface area (Å²) in [7, 11) is -2.03. The zero-order valence-electron chi connectivity index (χ0n) is 22.5. The van der Waals surface area contributed by atoms with Crippen molar-refractivity contribution in [3.05, 3.63) is 101 Å². The summed E-state index contributed by atoms with van der Waals surface area (Å²) in [5, 5.41) is 4.00. The van der Waals surface area contributed by atoms with E-state index in [0.717, 1.165) is 40.3 Å². The molecule has 1 aliphatic heterocycles. The van der Waals surface area contributed by atoms with E-state index in [0.29, 0.717) is 16.5 Å². The number of hydrogen-bond donors (Lipinski definition) is 2. The van der Waals surface area contributed by atoms with Crippen LogP contribution in [0.2, 0.25) is 0 Å². The Morgan fingerprint density at radius 2 is 1.79 bits per heavy atom. The van der Waals surface area contributed by atoms with Gasteiger partial charge >= 0.3 is 0 Å². The molecule has 0 saturated carbocycles. The van der Waals surface area contributed by atoms with E-state index in [2.05, 4.69) is 70.7 Å². The van der Waals surface area contributed by atoms with E-state index in [-0.39, 0.29) is 12.1 Å². The molecule has 0 unspecified atom stereocenters. The van der Waals surface area contributed by atoms with Crippen LogP contribution in [0.5, 0.6) is 5.75 Å². The van der Waals surface area contributed by atoms with Crippen LogP contribution in [-0.4, -0.2) is 36.4 Å². The number of aryl methyl sites for hydroxylation is 2. The number of methoxy groups -OCH3 is 1. The summed E-state index contributed by atoms with van der Waals surface area (Å²) in [5.41, 5.74) is 7.47. The predicted molar refractivity (Wildman–Crippen MR) is 159 cm³/mol. The van der Waals surface area contributed by atoms with Crippen molar-refractivity contribution in [1.29, 1.82) is 0 Å². The lowest BCUT2D eigenvalue weighted by Crippen LogP contribution is -2.29. The van der Waals surface area contributed by atoms with Crippen LogP contribution < -0.4 is 19.7 Å². The van der Waals surface area contributed by atoms with Gasteiger partial charge in [0, 0.05) is 29.0 Å². The first kappa shape index (κ1) is 26.7. The largest absolute Gasteiger partial charge is 0.495 e. The smallest absolute Gasteiger partial charge is 0.229 e. The molecule has 5 rings (SSSR count). The summed E-state index contributed by atoms with van der Waals surface area (Å²) in [4.78, 5) is 6.69. The van der Waals surface area contributed by atoms with Crippen LogP contribution in [-0.2, 0) is 10.0 Å². The van der Waals surface area contributed by atoms with Crippen molar-refractivity contribution in [3.8, 4) is 11.4 Å². The van der Waals surface area contributed by atoms with Crippen molar-refractivity contribution in [2.75, 3.05) is 23.0 Å². The lowest BCUT2D eigenvalue weighted by molar-refractivity contribution is 0.417. The summed E-state index contributed by atoms with van der Waals surface area (Å²) in [6.45, 7) is 6.30. The van der Waals surface area contributed by atoms with Gasteiger partial charge in [-0.2, -0.15) is 0 Å². The van der Waals surface area contributed by atoms with Crippen molar-refractivity contribution >= 4 is 38.7 Å². The molecule has 0 aliphatic carbocycles. The van der Waals surface area contributed by atoms with Gasteiger partial charge in [0.05, 0.1) is 36.8 Å². The minimum Gasteiger partial charge on any atom is -0.495 e. The second-order valence-electron chi connectivity index (χ2n) is 9.76. The number of ether oxygens (including phenoxy) is 1. The van der Waals surface area contributed by atoms with Gasteiger partial charge in [0.1, 0.15) is 5.75 Å². The van der Waals surface area contributed by atoms with Crippen LogP contribution >= 0.6 is 12.2 Å². The summed E-state index contributed by atoms with van der Waals surface area (Å²) >= 11 is 5.89. The van der Waals surface area contributed by atoms with Crippen LogP contribution in [0.15, 0.2) is 72.9 Å². The van der Waals surface area contributed by atoms with Gasteiger partial charge in [-0.1, -0.05) is 18.2 Å². The average molecular weight is 562 g/mol. The molecule has 202 valence electrons. The number of hydrogen-bond acceptors (Lipinski definition) is 5.